The van der Waals surface area contributed by atoms with Crippen molar-refractivity contribution < 1.29 is 0 Å². The van der Waals surface area contributed by atoms with Gasteiger partial charge in [0, 0.05) is 52.5 Å². The third kappa shape index (κ3) is 9.85. The maximum atomic E-state index is 4.40. The smallest absolute Gasteiger partial charge is 0.0704 e. The van der Waals surface area contributed by atoms with E-state index in [0.717, 1.165) is 16.6 Å². The van der Waals surface area contributed by atoms with E-state index in [4.69, 9.17) is 0 Å². The molecule has 0 fully saturated rings. The lowest BCUT2D eigenvalue weighted by molar-refractivity contribution is 0.862. The van der Waals surface area contributed by atoms with E-state index in [2.05, 4.69) is 154 Å². The Kier molecular flexibility index (Phi) is 13.2. The zero-order valence-electron chi connectivity index (χ0n) is 32.0. The summed E-state index contributed by atoms with van der Waals surface area (Å²) in [4.78, 5) is 17.2. The van der Waals surface area contributed by atoms with Crippen LogP contribution in [0.15, 0.2) is 146 Å². The Labute approximate surface area is 310 Å². The zero-order chi connectivity index (χ0) is 37.0. The Morgan fingerprint density at radius 3 is 1.63 bits per heavy atom. The molecule has 0 N–H and O–H groups in total. The number of fused-ring (bicyclic) bond motifs is 4. The lowest BCUT2D eigenvalue weighted by Crippen LogP contribution is -1.90. The molecule has 0 spiro atoms. The summed E-state index contributed by atoms with van der Waals surface area (Å²) in [7, 11) is 0. The standard InChI is InChI=1S/4C12H13N/c1-9(2)10-5-3-7-12-11(10)6-4-8-13-12;1-9(2)10-5-6-12-11(8-10)4-3-7-13-12;1-9(2)11-7-10-5-3-4-6-12(10)13-8-11;1-9(2)12-8-13-7-10-5-3-4-6-11(10)12/h4*3-9H,1-2H3. The highest BCUT2D eigenvalue weighted by Gasteiger charge is 2.05. The first-order valence-electron chi connectivity index (χ1n) is 18.5. The quantitative estimate of drug-likeness (QED) is 0.185. The summed E-state index contributed by atoms with van der Waals surface area (Å²) in [6, 6.07) is 39.8. The van der Waals surface area contributed by atoms with Crippen LogP contribution < -0.4 is 0 Å². The van der Waals surface area contributed by atoms with Crippen LogP contribution in [0.25, 0.3) is 43.5 Å². The van der Waals surface area contributed by atoms with Gasteiger partial charge in [0.05, 0.1) is 16.6 Å². The molecule has 0 saturated carbocycles. The highest BCUT2D eigenvalue weighted by Crippen LogP contribution is 2.25. The number of hydrogen-bond donors (Lipinski definition) is 0. The van der Waals surface area contributed by atoms with Crippen molar-refractivity contribution in [1.82, 2.24) is 19.9 Å². The molecular formula is C48H52N4. The molecule has 0 aliphatic heterocycles. The summed E-state index contributed by atoms with van der Waals surface area (Å²) in [6.07, 6.45) is 9.52. The minimum Gasteiger partial charge on any atom is -0.264 e. The molecule has 0 saturated heterocycles. The van der Waals surface area contributed by atoms with Gasteiger partial charge in [0.2, 0.25) is 0 Å². The van der Waals surface area contributed by atoms with Gasteiger partial charge in [0.15, 0.2) is 0 Å². The van der Waals surface area contributed by atoms with E-state index < -0.39 is 0 Å². The molecule has 8 rings (SSSR count). The van der Waals surface area contributed by atoms with Crippen LogP contribution in [-0.4, -0.2) is 19.9 Å². The van der Waals surface area contributed by atoms with Crippen LogP contribution >= 0.6 is 0 Å². The first-order valence-corrected chi connectivity index (χ1v) is 18.5. The molecule has 0 unspecified atom stereocenters. The van der Waals surface area contributed by atoms with Crippen molar-refractivity contribution in [3.63, 3.8) is 0 Å². The first kappa shape index (κ1) is 37.8. The van der Waals surface area contributed by atoms with Crippen LogP contribution in [0.2, 0.25) is 0 Å². The van der Waals surface area contributed by atoms with Gasteiger partial charge in [-0.25, -0.2) is 0 Å². The SMILES string of the molecule is CC(C)c1ccc2ncccc2c1.CC(C)c1cccc2ncccc12.CC(C)c1cnc2ccccc2c1.CC(C)c1cncc2ccccc12. The molecule has 52 heavy (non-hydrogen) atoms. The molecule has 0 radical (unpaired) electrons. The predicted molar refractivity (Wildman–Crippen MR) is 223 cm³/mol. The van der Waals surface area contributed by atoms with Crippen LogP contribution in [0, 0.1) is 0 Å². The van der Waals surface area contributed by atoms with E-state index in [-0.39, 0.29) is 0 Å². The number of aromatic nitrogens is 4. The second-order valence-corrected chi connectivity index (χ2v) is 14.4. The zero-order valence-corrected chi connectivity index (χ0v) is 32.0. The molecule has 4 aromatic carbocycles. The second kappa shape index (κ2) is 18.1. The normalized spacial score (nSPS) is 11.0. The monoisotopic (exact) mass is 684 g/mol. The predicted octanol–water partition coefficient (Wildman–Crippen LogP) is 13.4. The lowest BCUT2D eigenvalue weighted by atomic mass is 9.98. The topological polar surface area (TPSA) is 51.6 Å². The maximum Gasteiger partial charge on any atom is 0.0704 e. The van der Waals surface area contributed by atoms with Gasteiger partial charge in [-0.15, -0.1) is 0 Å². The fourth-order valence-corrected chi connectivity index (χ4v) is 6.09. The Hall–Kier alpha value is -5.48. The summed E-state index contributed by atoms with van der Waals surface area (Å²) in [5.74, 6) is 2.24. The van der Waals surface area contributed by atoms with E-state index in [0.29, 0.717) is 23.7 Å². The summed E-state index contributed by atoms with van der Waals surface area (Å²) >= 11 is 0. The molecule has 0 amide bonds. The molecule has 264 valence electrons. The molecule has 0 bridgehead atoms. The number of hydrogen-bond acceptors (Lipinski definition) is 4. The molecule has 4 heteroatoms. The van der Waals surface area contributed by atoms with Gasteiger partial charge in [-0.1, -0.05) is 128 Å². The van der Waals surface area contributed by atoms with Crippen LogP contribution in [0.4, 0.5) is 0 Å². The number of rotatable bonds is 4. The molecular weight excluding hydrogens is 633 g/mol. The minimum atomic E-state index is 0.540. The molecule has 8 aromatic rings. The van der Waals surface area contributed by atoms with Gasteiger partial charge in [-0.05, 0) is 93.8 Å². The fourth-order valence-electron chi connectivity index (χ4n) is 6.09. The Bertz CT molecular complexity index is 2150. The number of pyridine rings is 4. The molecule has 4 aromatic heterocycles. The van der Waals surface area contributed by atoms with Gasteiger partial charge >= 0.3 is 0 Å². The van der Waals surface area contributed by atoms with Crippen molar-refractivity contribution in [2.75, 3.05) is 0 Å². The Morgan fingerprint density at radius 2 is 0.923 bits per heavy atom. The Balaban J connectivity index is 0.000000134. The molecule has 0 aliphatic carbocycles. The minimum absolute atomic E-state index is 0.540. The van der Waals surface area contributed by atoms with E-state index in [9.17, 15) is 0 Å². The number of nitrogens with zero attached hydrogens (tertiary/aromatic N) is 4. The Morgan fingerprint density at radius 1 is 0.365 bits per heavy atom. The van der Waals surface area contributed by atoms with E-state index >= 15 is 0 Å². The van der Waals surface area contributed by atoms with Gasteiger partial charge in [-0.3, -0.25) is 19.9 Å². The van der Waals surface area contributed by atoms with Crippen LogP contribution in [0.5, 0.6) is 0 Å². The van der Waals surface area contributed by atoms with Gasteiger partial charge in [-0.2, -0.15) is 0 Å². The molecule has 4 nitrogen and oxygen atoms in total. The van der Waals surface area contributed by atoms with Gasteiger partial charge < -0.3 is 0 Å². The molecule has 0 atom stereocenters. The largest absolute Gasteiger partial charge is 0.264 e. The van der Waals surface area contributed by atoms with Crippen molar-refractivity contribution in [1.29, 1.82) is 0 Å². The molecule has 0 aliphatic rings. The van der Waals surface area contributed by atoms with Crippen molar-refractivity contribution in [2.45, 2.75) is 79.1 Å². The van der Waals surface area contributed by atoms with Crippen molar-refractivity contribution in [3.05, 3.63) is 168 Å². The number of para-hydroxylation sites is 1. The average molecular weight is 685 g/mol. The third-order valence-electron chi connectivity index (χ3n) is 9.19. The summed E-state index contributed by atoms with van der Waals surface area (Å²) in [5.41, 5.74) is 8.63. The summed E-state index contributed by atoms with van der Waals surface area (Å²) in [6.45, 7) is 17.6. The summed E-state index contributed by atoms with van der Waals surface area (Å²) < 4.78 is 0. The first-order chi connectivity index (χ1) is 25.1. The van der Waals surface area contributed by atoms with Crippen molar-refractivity contribution in [2.24, 2.45) is 0 Å². The average Bonchev–Trinajstić information content (AvgIpc) is 3.17. The fraction of sp³-hybridized carbons (Fsp3) is 0.250. The third-order valence-corrected chi connectivity index (χ3v) is 9.19. The van der Waals surface area contributed by atoms with E-state index in [1.54, 1.807) is 0 Å². The number of benzene rings is 4. The van der Waals surface area contributed by atoms with Gasteiger partial charge in [0.1, 0.15) is 0 Å². The van der Waals surface area contributed by atoms with Crippen molar-refractivity contribution >= 4 is 43.5 Å². The second-order valence-electron chi connectivity index (χ2n) is 14.4. The van der Waals surface area contributed by atoms with E-state index in [1.807, 2.05) is 67.4 Å². The lowest BCUT2D eigenvalue weighted by Gasteiger charge is -2.08. The highest BCUT2D eigenvalue weighted by molar-refractivity contribution is 5.85. The van der Waals surface area contributed by atoms with Gasteiger partial charge in [0.25, 0.3) is 0 Å². The van der Waals surface area contributed by atoms with E-state index in [1.165, 1.54) is 49.2 Å². The highest BCUT2D eigenvalue weighted by atomic mass is 14.7. The van der Waals surface area contributed by atoms with Crippen LogP contribution in [-0.2, 0) is 0 Å². The van der Waals surface area contributed by atoms with Crippen LogP contribution in [0.3, 0.4) is 0 Å². The van der Waals surface area contributed by atoms with Crippen LogP contribution in [0.1, 0.15) is 101 Å². The summed E-state index contributed by atoms with van der Waals surface area (Å²) in [5, 5.41) is 6.30. The van der Waals surface area contributed by atoms with Crippen molar-refractivity contribution in [3.8, 4) is 0 Å². The maximum absolute atomic E-state index is 4.40. The molecule has 4 heterocycles.